The second kappa shape index (κ2) is 8.85. The summed E-state index contributed by atoms with van der Waals surface area (Å²) in [5.41, 5.74) is 2.34. The van der Waals surface area contributed by atoms with E-state index in [9.17, 15) is 4.79 Å². The zero-order valence-electron chi connectivity index (χ0n) is 14.4. The normalized spacial score (nSPS) is 15.5. The van der Waals surface area contributed by atoms with E-state index in [4.69, 9.17) is 4.42 Å². The number of hydrogen-bond donors (Lipinski definition) is 1. The molecule has 1 aliphatic rings. The topological polar surface area (TPSA) is 68.0 Å². The van der Waals surface area contributed by atoms with Crippen molar-refractivity contribution in [2.75, 3.05) is 6.54 Å². The van der Waals surface area contributed by atoms with Gasteiger partial charge in [-0.3, -0.25) is 4.79 Å². The second-order valence-electron chi connectivity index (χ2n) is 6.15. The maximum absolute atomic E-state index is 12.2. The van der Waals surface area contributed by atoms with Crippen LogP contribution in [0.15, 0.2) is 51.6 Å². The van der Waals surface area contributed by atoms with Crippen LogP contribution < -0.4 is 5.32 Å². The third kappa shape index (κ3) is 5.19. The highest BCUT2D eigenvalue weighted by molar-refractivity contribution is 8.00. The van der Waals surface area contributed by atoms with Crippen molar-refractivity contribution in [2.24, 2.45) is 0 Å². The summed E-state index contributed by atoms with van der Waals surface area (Å²) in [6.07, 6.45) is 8.17. The molecular weight excluding hydrogens is 334 g/mol. The quantitative estimate of drug-likeness (QED) is 0.593. The standard InChI is InChI=1S/C19H23N3O2S/c1-14(17(23)20-13-12-15-8-4-2-5-9-15)25-19-22-21-18(24-19)16-10-6-3-7-11-16/h3,6-8,10-11,14H,2,4-5,9,12-13H2,1H3,(H,20,23)/t14-/m1/s1. The molecular formula is C19H23N3O2S. The molecule has 0 spiro atoms. The molecule has 0 aliphatic heterocycles. The Kier molecular flexibility index (Phi) is 6.28. The summed E-state index contributed by atoms with van der Waals surface area (Å²) in [6.45, 7) is 2.54. The first kappa shape index (κ1) is 17.7. The maximum Gasteiger partial charge on any atom is 0.277 e. The fraction of sp³-hybridized carbons (Fsp3) is 0.421. The highest BCUT2D eigenvalue weighted by atomic mass is 32.2. The lowest BCUT2D eigenvalue weighted by Gasteiger charge is -2.14. The van der Waals surface area contributed by atoms with Crippen LogP contribution in [0, 0.1) is 0 Å². The van der Waals surface area contributed by atoms with Gasteiger partial charge in [0.1, 0.15) is 0 Å². The Morgan fingerprint density at radius 3 is 2.88 bits per heavy atom. The minimum absolute atomic E-state index is 0.000806. The van der Waals surface area contributed by atoms with E-state index >= 15 is 0 Å². The van der Waals surface area contributed by atoms with Crippen LogP contribution in [-0.2, 0) is 4.79 Å². The van der Waals surface area contributed by atoms with E-state index in [0.717, 1.165) is 12.0 Å². The van der Waals surface area contributed by atoms with Gasteiger partial charge in [-0.2, -0.15) is 0 Å². The number of nitrogens with one attached hydrogen (secondary N) is 1. The van der Waals surface area contributed by atoms with E-state index in [-0.39, 0.29) is 11.2 Å². The van der Waals surface area contributed by atoms with E-state index < -0.39 is 0 Å². The molecule has 1 N–H and O–H groups in total. The van der Waals surface area contributed by atoms with Crippen LogP contribution in [0.2, 0.25) is 0 Å². The van der Waals surface area contributed by atoms with Gasteiger partial charge in [-0.05, 0) is 51.2 Å². The molecule has 0 fully saturated rings. The summed E-state index contributed by atoms with van der Waals surface area (Å²) in [4.78, 5) is 12.2. The predicted molar refractivity (Wildman–Crippen MR) is 99.2 cm³/mol. The minimum atomic E-state index is -0.274. The van der Waals surface area contributed by atoms with E-state index in [1.165, 1.54) is 43.0 Å². The van der Waals surface area contributed by atoms with Gasteiger partial charge < -0.3 is 9.73 Å². The highest BCUT2D eigenvalue weighted by Crippen LogP contribution is 2.26. The molecule has 1 aromatic carbocycles. The number of carbonyl (C=O) groups is 1. The van der Waals surface area contributed by atoms with Crippen molar-refractivity contribution in [2.45, 2.75) is 49.5 Å². The van der Waals surface area contributed by atoms with Gasteiger partial charge in [-0.15, -0.1) is 10.2 Å². The van der Waals surface area contributed by atoms with Gasteiger partial charge in [-0.1, -0.05) is 41.6 Å². The number of amides is 1. The Labute approximate surface area is 152 Å². The van der Waals surface area contributed by atoms with Gasteiger partial charge in [0, 0.05) is 12.1 Å². The minimum Gasteiger partial charge on any atom is -0.411 e. The molecule has 5 nitrogen and oxygen atoms in total. The number of benzene rings is 1. The zero-order chi connectivity index (χ0) is 17.5. The number of rotatable bonds is 7. The van der Waals surface area contributed by atoms with Crippen LogP contribution in [0.5, 0.6) is 0 Å². The summed E-state index contributed by atoms with van der Waals surface area (Å²) in [5, 5.41) is 11.2. The summed E-state index contributed by atoms with van der Waals surface area (Å²) in [7, 11) is 0. The molecule has 0 radical (unpaired) electrons. The van der Waals surface area contributed by atoms with E-state index in [2.05, 4.69) is 21.6 Å². The average molecular weight is 357 g/mol. The first-order valence-electron chi connectivity index (χ1n) is 8.73. The van der Waals surface area contributed by atoms with Crippen molar-refractivity contribution in [3.63, 3.8) is 0 Å². The zero-order valence-corrected chi connectivity index (χ0v) is 15.2. The Morgan fingerprint density at radius 1 is 1.28 bits per heavy atom. The molecule has 0 saturated carbocycles. The third-order valence-corrected chi connectivity index (χ3v) is 5.14. The number of carbonyl (C=O) groups excluding carboxylic acids is 1. The van der Waals surface area contributed by atoms with Crippen molar-refractivity contribution >= 4 is 17.7 Å². The van der Waals surface area contributed by atoms with Crippen LogP contribution >= 0.6 is 11.8 Å². The summed E-state index contributed by atoms with van der Waals surface area (Å²) in [5.74, 6) is 0.473. The summed E-state index contributed by atoms with van der Waals surface area (Å²) < 4.78 is 5.64. The van der Waals surface area contributed by atoms with Gasteiger partial charge in [-0.25, -0.2) is 0 Å². The third-order valence-electron chi connectivity index (χ3n) is 4.20. The lowest BCUT2D eigenvalue weighted by Crippen LogP contribution is -2.31. The van der Waals surface area contributed by atoms with Crippen LogP contribution in [0.3, 0.4) is 0 Å². The molecule has 2 aromatic rings. The molecule has 3 rings (SSSR count). The summed E-state index contributed by atoms with van der Waals surface area (Å²) in [6, 6.07) is 9.61. The fourth-order valence-electron chi connectivity index (χ4n) is 2.78. The number of hydrogen-bond acceptors (Lipinski definition) is 5. The molecule has 0 unspecified atom stereocenters. The first-order valence-corrected chi connectivity index (χ1v) is 9.61. The first-order chi connectivity index (χ1) is 12.2. The molecule has 1 aliphatic carbocycles. The molecule has 1 atom stereocenters. The molecule has 25 heavy (non-hydrogen) atoms. The number of allylic oxidation sites excluding steroid dienone is 1. The van der Waals surface area contributed by atoms with E-state index in [0.29, 0.717) is 17.7 Å². The van der Waals surface area contributed by atoms with Crippen molar-refractivity contribution in [1.82, 2.24) is 15.5 Å². The number of aromatic nitrogens is 2. The lowest BCUT2D eigenvalue weighted by atomic mass is 9.97. The largest absolute Gasteiger partial charge is 0.411 e. The fourth-order valence-corrected chi connectivity index (χ4v) is 3.49. The van der Waals surface area contributed by atoms with Crippen LogP contribution in [0.4, 0.5) is 0 Å². The molecule has 1 heterocycles. The van der Waals surface area contributed by atoms with Gasteiger partial charge in [0.2, 0.25) is 11.8 Å². The lowest BCUT2D eigenvalue weighted by molar-refractivity contribution is -0.120. The maximum atomic E-state index is 12.2. The van der Waals surface area contributed by atoms with Crippen LogP contribution in [-0.4, -0.2) is 27.9 Å². The molecule has 0 bridgehead atoms. The van der Waals surface area contributed by atoms with Gasteiger partial charge in [0.05, 0.1) is 5.25 Å². The van der Waals surface area contributed by atoms with E-state index in [1.54, 1.807) is 0 Å². The van der Waals surface area contributed by atoms with Crippen LogP contribution in [0.25, 0.3) is 11.5 Å². The van der Waals surface area contributed by atoms with E-state index in [1.807, 2.05) is 37.3 Å². The predicted octanol–water partition coefficient (Wildman–Crippen LogP) is 4.22. The smallest absolute Gasteiger partial charge is 0.277 e. The SMILES string of the molecule is C[C@@H](Sc1nnc(-c2ccccc2)o1)C(=O)NCCC1=CCCCC1. The molecule has 0 saturated heterocycles. The van der Waals surface area contributed by atoms with Gasteiger partial charge >= 0.3 is 0 Å². The van der Waals surface area contributed by atoms with Crippen molar-refractivity contribution in [3.8, 4) is 11.5 Å². The Morgan fingerprint density at radius 2 is 2.12 bits per heavy atom. The number of nitrogens with zero attached hydrogens (tertiary/aromatic N) is 2. The molecule has 1 aromatic heterocycles. The van der Waals surface area contributed by atoms with Crippen LogP contribution in [0.1, 0.15) is 39.0 Å². The summed E-state index contributed by atoms with van der Waals surface area (Å²) >= 11 is 1.29. The second-order valence-corrected chi connectivity index (χ2v) is 7.44. The number of thioether (sulfide) groups is 1. The monoisotopic (exact) mass is 357 g/mol. The molecule has 132 valence electrons. The van der Waals surface area contributed by atoms with Gasteiger partial charge in [0.15, 0.2) is 0 Å². The van der Waals surface area contributed by atoms with Crippen molar-refractivity contribution in [1.29, 1.82) is 0 Å². The molecule has 1 amide bonds. The van der Waals surface area contributed by atoms with Gasteiger partial charge in [0.25, 0.3) is 5.22 Å². The Hall–Kier alpha value is -2.08. The average Bonchev–Trinajstić information content (AvgIpc) is 3.12. The van der Waals surface area contributed by atoms with Crippen molar-refractivity contribution in [3.05, 3.63) is 42.0 Å². The highest BCUT2D eigenvalue weighted by Gasteiger charge is 2.18. The van der Waals surface area contributed by atoms with Crippen molar-refractivity contribution < 1.29 is 9.21 Å². The Bertz CT molecular complexity index is 727. The molecule has 6 heteroatoms. The Balaban J connectivity index is 1.46.